The zero-order valence-electron chi connectivity index (χ0n) is 17.2. The van der Waals surface area contributed by atoms with Gasteiger partial charge in [0, 0.05) is 29.7 Å². The molecule has 2 aromatic carbocycles. The number of nitrogens with zero attached hydrogens (tertiary/aromatic N) is 1. The van der Waals surface area contributed by atoms with Crippen LogP contribution in [0.1, 0.15) is 53.5 Å². The first kappa shape index (κ1) is 20.6. The maximum atomic E-state index is 13.1. The highest BCUT2D eigenvalue weighted by Crippen LogP contribution is 2.17. The van der Waals surface area contributed by atoms with E-state index in [2.05, 4.69) is 28.9 Å². The molecule has 0 radical (unpaired) electrons. The Morgan fingerprint density at radius 1 is 0.966 bits per heavy atom. The number of rotatable bonds is 8. The number of hydrogen-bond acceptors (Lipinski definition) is 2. The maximum absolute atomic E-state index is 13.1. The van der Waals surface area contributed by atoms with Gasteiger partial charge in [-0.05, 0) is 37.5 Å². The fourth-order valence-corrected chi connectivity index (χ4v) is 3.58. The van der Waals surface area contributed by atoms with Gasteiger partial charge >= 0.3 is 0 Å². The molecule has 0 aliphatic heterocycles. The lowest BCUT2D eigenvalue weighted by Gasteiger charge is -2.20. The lowest BCUT2D eigenvalue weighted by atomic mass is 10.0. The highest BCUT2D eigenvalue weighted by molar-refractivity contribution is 6.05. The number of pyridine rings is 1. The summed E-state index contributed by atoms with van der Waals surface area (Å²) in [5.74, 6) is -0.338. The molecule has 1 amide bonds. The standard InChI is InChI=1S/C25H28N2O2/c1-3-4-7-16-22-24(25(29)26-21-14-10-6-11-15-21)23(28)17-19(2)27(22)18-20-12-8-5-9-13-20/h5-6,8-15,17H,3-4,7,16,18H2,1-2H3,(H,26,29). The predicted octanol–water partition coefficient (Wildman–Crippen LogP) is 5.19. The number of benzene rings is 2. The molecule has 0 aliphatic carbocycles. The molecule has 0 spiro atoms. The number of amides is 1. The molecule has 1 heterocycles. The highest BCUT2D eigenvalue weighted by Gasteiger charge is 2.20. The smallest absolute Gasteiger partial charge is 0.261 e. The molecule has 0 fully saturated rings. The first-order chi connectivity index (χ1) is 14.1. The second kappa shape index (κ2) is 9.87. The van der Waals surface area contributed by atoms with Gasteiger partial charge in [0.25, 0.3) is 5.91 Å². The van der Waals surface area contributed by atoms with Crippen molar-refractivity contribution in [1.29, 1.82) is 0 Å². The van der Waals surface area contributed by atoms with Gasteiger partial charge in [-0.2, -0.15) is 0 Å². The molecule has 1 aromatic heterocycles. The zero-order chi connectivity index (χ0) is 20.6. The van der Waals surface area contributed by atoms with Gasteiger partial charge in [-0.25, -0.2) is 0 Å². The first-order valence-corrected chi connectivity index (χ1v) is 10.2. The number of carbonyl (C=O) groups excluding carboxylic acids is 1. The average Bonchev–Trinajstić information content (AvgIpc) is 2.72. The van der Waals surface area contributed by atoms with Crippen LogP contribution in [-0.2, 0) is 13.0 Å². The maximum Gasteiger partial charge on any atom is 0.261 e. The van der Waals surface area contributed by atoms with Gasteiger partial charge in [0.05, 0.1) is 0 Å². The Hall–Kier alpha value is -3.14. The van der Waals surface area contributed by atoms with E-state index in [1.54, 1.807) is 6.07 Å². The van der Waals surface area contributed by atoms with E-state index in [1.165, 1.54) is 0 Å². The molecule has 0 bridgehead atoms. The number of hydrogen-bond donors (Lipinski definition) is 1. The van der Waals surface area contributed by atoms with Crippen molar-refractivity contribution < 1.29 is 4.79 Å². The van der Waals surface area contributed by atoms with Gasteiger partial charge in [0.15, 0.2) is 5.43 Å². The Bertz CT molecular complexity index is 1010. The Morgan fingerprint density at radius 2 is 1.62 bits per heavy atom. The summed E-state index contributed by atoms with van der Waals surface area (Å²) in [6.45, 7) is 4.73. The third-order valence-corrected chi connectivity index (χ3v) is 5.09. The largest absolute Gasteiger partial charge is 0.343 e. The average molecular weight is 389 g/mol. The van der Waals surface area contributed by atoms with Crippen molar-refractivity contribution >= 4 is 11.6 Å². The number of nitrogens with one attached hydrogen (secondary N) is 1. The van der Waals surface area contributed by atoms with Gasteiger partial charge in [-0.3, -0.25) is 9.59 Å². The molecule has 150 valence electrons. The summed E-state index contributed by atoms with van der Waals surface area (Å²) in [6.07, 6.45) is 3.79. The second-order valence-electron chi connectivity index (χ2n) is 7.32. The lowest BCUT2D eigenvalue weighted by Crippen LogP contribution is -2.28. The van der Waals surface area contributed by atoms with Crippen LogP contribution < -0.4 is 10.7 Å². The summed E-state index contributed by atoms with van der Waals surface area (Å²) in [4.78, 5) is 25.9. The van der Waals surface area contributed by atoms with E-state index in [4.69, 9.17) is 0 Å². The van der Waals surface area contributed by atoms with Crippen molar-refractivity contribution in [2.45, 2.75) is 46.1 Å². The topological polar surface area (TPSA) is 51.1 Å². The third kappa shape index (κ3) is 5.23. The van der Waals surface area contributed by atoms with E-state index in [1.807, 2.05) is 55.5 Å². The molecule has 0 aliphatic rings. The molecule has 3 rings (SSSR count). The minimum atomic E-state index is -0.338. The minimum absolute atomic E-state index is 0.216. The molecule has 0 unspecified atom stereocenters. The SMILES string of the molecule is CCCCCc1c(C(=O)Nc2ccccc2)c(=O)cc(C)n1Cc1ccccc1. The van der Waals surface area contributed by atoms with Gasteiger partial charge in [0.2, 0.25) is 0 Å². The van der Waals surface area contributed by atoms with E-state index in [0.717, 1.165) is 36.2 Å². The first-order valence-electron chi connectivity index (χ1n) is 10.2. The molecular weight excluding hydrogens is 360 g/mol. The van der Waals surface area contributed by atoms with Crippen LogP contribution in [0.4, 0.5) is 5.69 Å². The number of aryl methyl sites for hydroxylation is 1. The van der Waals surface area contributed by atoms with E-state index < -0.39 is 0 Å². The zero-order valence-corrected chi connectivity index (χ0v) is 17.2. The summed E-state index contributed by atoms with van der Waals surface area (Å²) >= 11 is 0. The molecule has 0 atom stereocenters. The van der Waals surface area contributed by atoms with Crippen molar-refractivity contribution in [3.8, 4) is 0 Å². The number of aromatic nitrogens is 1. The molecule has 0 saturated heterocycles. The molecule has 4 heteroatoms. The predicted molar refractivity (Wildman–Crippen MR) is 119 cm³/mol. The third-order valence-electron chi connectivity index (χ3n) is 5.09. The van der Waals surface area contributed by atoms with Crippen LogP contribution >= 0.6 is 0 Å². The molecule has 1 N–H and O–H groups in total. The van der Waals surface area contributed by atoms with Crippen molar-refractivity contribution in [3.05, 3.63) is 99.5 Å². The minimum Gasteiger partial charge on any atom is -0.343 e. The number of carbonyl (C=O) groups is 1. The Kier molecular flexibility index (Phi) is 7.01. The Morgan fingerprint density at radius 3 is 2.28 bits per heavy atom. The summed E-state index contributed by atoms with van der Waals surface area (Å²) in [7, 11) is 0. The molecule has 29 heavy (non-hydrogen) atoms. The van der Waals surface area contributed by atoms with Crippen molar-refractivity contribution in [3.63, 3.8) is 0 Å². The summed E-state index contributed by atoms with van der Waals surface area (Å²) in [6, 6.07) is 21.0. The molecule has 4 nitrogen and oxygen atoms in total. The van der Waals surface area contributed by atoms with E-state index in [0.29, 0.717) is 18.7 Å². The molecule has 0 saturated carbocycles. The van der Waals surface area contributed by atoms with Crippen LogP contribution in [0.25, 0.3) is 0 Å². The monoisotopic (exact) mass is 388 g/mol. The van der Waals surface area contributed by atoms with Gasteiger partial charge in [0.1, 0.15) is 5.56 Å². The van der Waals surface area contributed by atoms with Crippen molar-refractivity contribution in [2.24, 2.45) is 0 Å². The highest BCUT2D eigenvalue weighted by atomic mass is 16.2. The van der Waals surface area contributed by atoms with Crippen LogP contribution in [0.2, 0.25) is 0 Å². The Labute approximate surface area is 172 Å². The quantitative estimate of drug-likeness (QED) is 0.540. The summed E-state index contributed by atoms with van der Waals surface area (Å²) in [5, 5.41) is 2.89. The lowest BCUT2D eigenvalue weighted by molar-refractivity contribution is 0.102. The van der Waals surface area contributed by atoms with E-state index in [-0.39, 0.29) is 16.9 Å². The van der Waals surface area contributed by atoms with Crippen LogP contribution in [0.5, 0.6) is 0 Å². The Balaban J connectivity index is 2.04. The van der Waals surface area contributed by atoms with Crippen LogP contribution in [0.3, 0.4) is 0 Å². The van der Waals surface area contributed by atoms with Gasteiger partial charge in [-0.1, -0.05) is 68.3 Å². The number of para-hydroxylation sites is 1. The van der Waals surface area contributed by atoms with Gasteiger partial charge in [-0.15, -0.1) is 0 Å². The molecule has 3 aromatic rings. The van der Waals surface area contributed by atoms with E-state index in [9.17, 15) is 9.59 Å². The van der Waals surface area contributed by atoms with Crippen LogP contribution in [-0.4, -0.2) is 10.5 Å². The fourth-order valence-electron chi connectivity index (χ4n) is 3.58. The summed E-state index contributed by atoms with van der Waals surface area (Å²) in [5.41, 5.74) is 3.57. The van der Waals surface area contributed by atoms with Crippen molar-refractivity contribution in [1.82, 2.24) is 4.57 Å². The number of unbranched alkanes of at least 4 members (excludes halogenated alkanes) is 2. The van der Waals surface area contributed by atoms with Crippen LogP contribution in [0, 0.1) is 6.92 Å². The second-order valence-corrected chi connectivity index (χ2v) is 7.32. The molecular formula is C25H28N2O2. The summed E-state index contributed by atoms with van der Waals surface area (Å²) < 4.78 is 2.12. The normalized spacial score (nSPS) is 10.7. The van der Waals surface area contributed by atoms with Gasteiger partial charge < -0.3 is 9.88 Å². The fraction of sp³-hybridized carbons (Fsp3) is 0.280. The van der Waals surface area contributed by atoms with Crippen LogP contribution in [0.15, 0.2) is 71.5 Å². The number of anilines is 1. The van der Waals surface area contributed by atoms with E-state index >= 15 is 0 Å². The van der Waals surface area contributed by atoms with Crippen molar-refractivity contribution in [2.75, 3.05) is 5.32 Å².